The van der Waals surface area contributed by atoms with Gasteiger partial charge in [-0.3, -0.25) is 4.79 Å². The molecule has 1 saturated heterocycles. The highest BCUT2D eigenvalue weighted by molar-refractivity contribution is 6.34. The number of aromatic nitrogens is 2. The number of carboxylic acid groups (broad SMARTS) is 1. The molecule has 3 N–H and O–H groups in total. The van der Waals surface area contributed by atoms with E-state index in [-0.39, 0.29) is 32.5 Å². The molecule has 0 spiro atoms. The number of piperidine rings is 1. The number of nitrogens with zero attached hydrogens (tertiary/aromatic N) is 3. The lowest BCUT2D eigenvalue weighted by molar-refractivity contribution is -0.179. The first-order chi connectivity index (χ1) is 20.2. The minimum atomic E-state index is -4.20. The zero-order valence-electron chi connectivity index (χ0n) is 23.5. The van der Waals surface area contributed by atoms with Crippen LogP contribution in [0.1, 0.15) is 32.3 Å². The van der Waals surface area contributed by atoms with Gasteiger partial charge in [-0.2, -0.15) is 30.7 Å². The van der Waals surface area contributed by atoms with Gasteiger partial charge in [-0.15, -0.1) is 0 Å². The van der Waals surface area contributed by atoms with Crippen LogP contribution >= 0.6 is 23.2 Å². The van der Waals surface area contributed by atoms with Crippen molar-refractivity contribution in [1.29, 1.82) is 0 Å². The first-order valence-corrected chi connectivity index (χ1v) is 13.7. The van der Waals surface area contributed by atoms with Gasteiger partial charge in [0.25, 0.3) is 5.91 Å². The summed E-state index contributed by atoms with van der Waals surface area (Å²) in [5, 5.41) is 13.5. The Morgan fingerprint density at radius 1 is 0.977 bits per heavy atom. The maximum atomic E-state index is 13.1. The molecular formula is C27H28Cl2F7N5O3. The molecule has 1 fully saturated rings. The molecule has 8 nitrogen and oxygen atoms in total. The maximum absolute atomic E-state index is 13.1. The smallest absolute Gasteiger partial charge is 0.391 e. The van der Waals surface area contributed by atoms with Crippen LogP contribution in [0.25, 0.3) is 11.0 Å². The van der Waals surface area contributed by atoms with Gasteiger partial charge >= 0.3 is 24.0 Å². The Bertz CT molecular complexity index is 1510. The van der Waals surface area contributed by atoms with Gasteiger partial charge in [0, 0.05) is 40.5 Å². The second-order valence-electron chi connectivity index (χ2n) is 10.3. The van der Waals surface area contributed by atoms with Crippen LogP contribution in [0.3, 0.4) is 0 Å². The average molecular weight is 674 g/mol. The maximum Gasteiger partial charge on any atom is 0.391 e. The number of fused-ring (bicyclic) bond motifs is 1. The van der Waals surface area contributed by atoms with E-state index in [0.29, 0.717) is 57.8 Å². The number of nitrogens with one attached hydrogen (secondary N) is 2. The van der Waals surface area contributed by atoms with E-state index in [0.717, 1.165) is 0 Å². The van der Waals surface area contributed by atoms with Crippen LogP contribution in [0.5, 0.6) is 0 Å². The van der Waals surface area contributed by atoms with E-state index in [2.05, 4.69) is 15.6 Å². The first kappa shape index (κ1) is 35.0. The molecule has 2 aromatic carbocycles. The summed E-state index contributed by atoms with van der Waals surface area (Å²) in [6, 6.07) is 8.23. The van der Waals surface area contributed by atoms with Gasteiger partial charge in [-0.05, 0) is 42.7 Å². The molecule has 1 aliphatic heterocycles. The number of alkyl halides is 7. The number of hydrogen-bond acceptors (Lipinski definition) is 5. The SMILES string of the molecule is CC(F)(F)C(=O)O.Cn1c(Nc2cc(CNC(=O)C(C)(F)F)ccc2Cl)nc2cc(Cl)c(N3CCC(C(F)(F)F)CC3)cc21. The zero-order valence-corrected chi connectivity index (χ0v) is 25.0. The molecule has 17 heteroatoms. The number of rotatable bonds is 7. The van der Waals surface area contributed by atoms with Crippen molar-refractivity contribution in [3.05, 3.63) is 45.9 Å². The predicted molar refractivity (Wildman–Crippen MR) is 152 cm³/mol. The molecule has 0 saturated carbocycles. The van der Waals surface area contributed by atoms with Crippen molar-refractivity contribution in [2.45, 2.75) is 51.3 Å². The number of hydrogen-bond donors (Lipinski definition) is 3. The second kappa shape index (κ2) is 13.3. The molecule has 1 amide bonds. The molecule has 0 radical (unpaired) electrons. The molecule has 1 aliphatic rings. The molecular weight excluding hydrogens is 646 g/mol. The fraction of sp³-hybridized carbons (Fsp3) is 0.444. The Kier molecular flexibility index (Phi) is 10.6. The van der Waals surface area contributed by atoms with Crippen molar-refractivity contribution >= 4 is 63.4 Å². The zero-order chi connectivity index (χ0) is 33.2. The van der Waals surface area contributed by atoms with Crippen LogP contribution < -0.4 is 15.5 Å². The highest BCUT2D eigenvalue weighted by atomic mass is 35.5. The Hall–Kier alpha value is -3.46. The first-order valence-electron chi connectivity index (χ1n) is 13.0. The van der Waals surface area contributed by atoms with Crippen molar-refractivity contribution in [3.63, 3.8) is 0 Å². The molecule has 242 valence electrons. The number of benzene rings is 2. The van der Waals surface area contributed by atoms with Crippen molar-refractivity contribution in [2.75, 3.05) is 23.3 Å². The van der Waals surface area contributed by atoms with Crippen LogP contribution in [0, 0.1) is 5.92 Å². The van der Waals surface area contributed by atoms with Gasteiger partial charge in [-0.1, -0.05) is 29.3 Å². The molecule has 0 unspecified atom stereocenters. The van der Waals surface area contributed by atoms with Crippen LogP contribution in [-0.2, 0) is 23.2 Å². The third-order valence-electron chi connectivity index (χ3n) is 6.75. The number of imidazole rings is 1. The fourth-order valence-corrected chi connectivity index (χ4v) is 4.68. The largest absolute Gasteiger partial charge is 0.477 e. The van der Waals surface area contributed by atoms with Crippen molar-refractivity contribution in [1.82, 2.24) is 14.9 Å². The number of amides is 1. The Balaban J connectivity index is 0.000000676. The van der Waals surface area contributed by atoms with E-state index >= 15 is 0 Å². The summed E-state index contributed by atoms with van der Waals surface area (Å²) in [6.45, 7) is 1.20. The monoisotopic (exact) mass is 673 g/mol. The third kappa shape index (κ3) is 8.80. The van der Waals surface area contributed by atoms with E-state index in [9.17, 15) is 40.3 Å². The summed E-state index contributed by atoms with van der Waals surface area (Å²) >= 11 is 12.8. The quantitative estimate of drug-likeness (QED) is 0.226. The fourth-order valence-electron chi connectivity index (χ4n) is 4.24. The van der Waals surface area contributed by atoms with Gasteiger partial charge in [0.2, 0.25) is 5.95 Å². The summed E-state index contributed by atoms with van der Waals surface area (Å²) in [7, 11) is 1.76. The number of aryl methyl sites for hydroxylation is 1. The number of aliphatic carboxylic acids is 1. The Morgan fingerprint density at radius 2 is 1.57 bits per heavy atom. The predicted octanol–water partition coefficient (Wildman–Crippen LogP) is 7.40. The lowest BCUT2D eigenvalue weighted by Crippen LogP contribution is -2.39. The van der Waals surface area contributed by atoms with Gasteiger partial charge in [0.15, 0.2) is 0 Å². The number of carbonyl (C=O) groups is 2. The normalized spacial score (nSPS) is 14.7. The summed E-state index contributed by atoms with van der Waals surface area (Å²) in [6.07, 6.45) is -4.20. The average Bonchev–Trinajstić information content (AvgIpc) is 3.20. The van der Waals surface area contributed by atoms with E-state index in [1.165, 1.54) is 0 Å². The molecule has 0 bridgehead atoms. The van der Waals surface area contributed by atoms with Gasteiger partial charge in [0.1, 0.15) is 0 Å². The van der Waals surface area contributed by atoms with Crippen molar-refractivity contribution in [2.24, 2.45) is 13.0 Å². The lowest BCUT2D eigenvalue weighted by Gasteiger charge is -2.34. The summed E-state index contributed by atoms with van der Waals surface area (Å²) in [5.74, 6) is -11.5. The minimum absolute atomic E-state index is 0.00124. The van der Waals surface area contributed by atoms with E-state index in [1.54, 1.807) is 41.9 Å². The molecule has 0 aliphatic carbocycles. The van der Waals surface area contributed by atoms with Crippen molar-refractivity contribution in [3.8, 4) is 0 Å². The van der Waals surface area contributed by atoms with Gasteiger partial charge in [0.05, 0.1) is 38.4 Å². The van der Waals surface area contributed by atoms with Crippen LogP contribution in [-0.4, -0.2) is 57.6 Å². The molecule has 4 rings (SSSR count). The third-order valence-corrected chi connectivity index (χ3v) is 7.38. The van der Waals surface area contributed by atoms with Gasteiger partial charge < -0.3 is 25.2 Å². The van der Waals surface area contributed by atoms with E-state index < -0.39 is 35.8 Å². The number of carbonyl (C=O) groups excluding carboxylic acids is 1. The molecule has 3 aromatic rings. The van der Waals surface area contributed by atoms with Crippen LogP contribution in [0.2, 0.25) is 10.0 Å². The van der Waals surface area contributed by atoms with E-state index in [1.807, 2.05) is 4.90 Å². The topological polar surface area (TPSA) is 99.5 Å². The molecule has 44 heavy (non-hydrogen) atoms. The van der Waals surface area contributed by atoms with E-state index in [4.69, 9.17) is 28.3 Å². The second-order valence-corrected chi connectivity index (χ2v) is 11.1. The van der Waals surface area contributed by atoms with Crippen molar-refractivity contribution < 1.29 is 45.4 Å². The standard InChI is InChI=1S/C24H24Cl2F5N5O.C3H4F2O2/c1-23(27,28)21(37)32-12-13-3-4-15(25)17(9-13)33-22-34-18-10-16(26)19(11-20(18)35(22)2)36-7-5-14(6-8-36)24(29,30)31;1-3(4,5)2(6)7/h3-4,9-11,14H,5-8,12H2,1-2H3,(H,32,37)(H,33,34);1H3,(H,6,7). The summed E-state index contributed by atoms with van der Waals surface area (Å²) in [5.41, 5.74) is 2.87. The number of anilines is 3. The lowest BCUT2D eigenvalue weighted by atomic mass is 9.96. The molecule has 1 aromatic heterocycles. The minimum Gasteiger partial charge on any atom is -0.477 e. The highest BCUT2D eigenvalue weighted by Crippen LogP contribution is 2.39. The Labute approximate surface area is 257 Å². The highest BCUT2D eigenvalue weighted by Gasteiger charge is 2.41. The van der Waals surface area contributed by atoms with Crippen LogP contribution in [0.4, 0.5) is 48.1 Å². The Morgan fingerprint density at radius 3 is 2.09 bits per heavy atom. The van der Waals surface area contributed by atoms with Crippen LogP contribution in [0.15, 0.2) is 30.3 Å². The molecule has 2 heterocycles. The molecule has 0 atom stereocenters. The van der Waals surface area contributed by atoms with Gasteiger partial charge in [-0.25, -0.2) is 9.78 Å². The number of halogens is 9. The number of carboxylic acids is 1. The summed E-state index contributed by atoms with van der Waals surface area (Å²) in [4.78, 5) is 27.1. The summed E-state index contributed by atoms with van der Waals surface area (Å²) < 4.78 is 89.6.